The molecule has 3 N–H and O–H groups in total. The molecule has 2 aliphatic rings. The zero-order valence-electron chi connectivity index (χ0n) is 13.3. The van der Waals surface area contributed by atoms with Crippen molar-refractivity contribution in [1.82, 2.24) is 5.32 Å². The first kappa shape index (κ1) is 16.2. The second kappa shape index (κ2) is 5.78. The standard InChI is InChI=1S/C17H25FN2OS/c1-16(2,22(19)21)9-13-10-17(6-7-20-13)8-12-4-3-5-15(18)14(12)11-17/h3-5,13,20H,6-11,19H2,1-2H3/t13?,17?,22-/m1/s1. The van der Waals surface area contributed by atoms with Gasteiger partial charge in [-0.05, 0) is 68.7 Å². The van der Waals surface area contributed by atoms with Gasteiger partial charge in [0.25, 0.3) is 0 Å². The number of nitrogens with one attached hydrogen (secondary N) is 1. The van der Waals surface area contributed by atoms with Crippen LogP contribution in [0.4, 0.5) is 4.39 Å². The second-order valence-electron chi connectivity index (χ2n) is 7.60. The maximum absolute atomic E-state index is 14.0. The summed E-state index contributed by atoms with van der Waals surface area (Å²) in [6, 6.07) is 5.74. The normalized spacial score (nSPS) is 29.6. The maximum atomic E-state index is 14.0. The molecule has 3 nitrogen and oxygen atoms in total. The predicted octanol–water partition coefficient (Wildman–Crippen LogP) is 2.45. The quantitative estimate of drug-likeness (QED) is 0.840. The van der Waals surface area contributed by atoms with Crippen LogP contribution in [0.25, 0.3) is 0 Å². The SMILES string of the molecule is CC(C)(CC1CC2(CCN1)Cc1cccc(F)c1C2)[S@+](N)[O-]. The predicted molar refractivity (Wildman–Crippen MR) is 88.3 cm³/mol. The van der Waals surface area contributed by atoms with Crippen LogP contribution in [0.5, 0.6) is 0 Å². The Morgan fingerprint density at radius 3 is 2.91 bits per heavy atom. The van der Waals surface area contributed by atoms with Gasteiger partial charge in [0, 0.05) is 23.8 Å². The third-order valence-corrected chi connectivity index (χ3v) is 6.64. The van der Waals surface area contributed by atoms with Gasteiger partial charge in [0.1, 0.15) is 10.6 Å². The fourth-order valence-corrected chi connectivity index (χ4v) is 4.55. The topological polar surface area (TPSA) is 61.1 Å². The molecule has 1 heterocycles. The molecular formula is C17H25FN2OS. The molecule has 0 bridgehead atoms. The van der Waals surface area contributed by atoms with Crippen molar-refractivity contribution in [2.45, 2.75) is 56.7 Å². The first-order chi connectivity index (χ1) is 10.3. The Hall–Kier alpha value is -0.620. The van der Waals surface area contributed by atoms with Gasteiger partial charge in [-0.25, -0.2) is 4.39 Å². The van der Waals surface area contributed by atoms with Gasteiger partial charge in [0.2, 0.25) is 0 Å². The van der Waals surface area contributed by atoms with E-state index in [1.807, 2.05) is 19.9 Å². The monoisotopic (exact) mass is 324 g/mol. The summed E-state index contributed by atoms with van der Waals surface area (Å²) in [5, 5.41) is 9.15. The van der Waals surface area contributed by atoms with E-state index in [1.165, 1.54) is 5.56 Å². The van der Waals surface area contributed by atoms with Crippen molar-refractivity contribution in [1.29, 1.82) is 0 Å². The summed E-state index contributed by atoms with van der Waals surface area (Å²) in [6.45, 7) is 4.85. The largest absolute Gasteiger partial charge is 0.598 e. The smallest absolute Gasteiger partial charge is 0.140 e. The summed E-state index contributed by atoms with van der Waals surface area (Å²) in [6.07, 6.45) is 4.66. The van der Waals surface area contributed by atoms with Crippen molar-refractivity contribution in [2.75, 3.05) is 6.54 Å². The summed E-state index contributed by atoms with van der Waals surface area (Å²) >= 11 is -1.33. The van der Waals surface area contributed by atoms with Gasteiger partial charge in [-0.15, -0.1) is 0 Å². The summed E-state index contributed by atoms with van der Waals surface area (Å²) in [5.74, 6) is -0.0622. The Morgan fingerprint density at radius 2 is 2.23 bits per heavy atom. The average molecular weight is 324 g/mol. The molecule has 0 radical (unpaired) electrons. The lowest BCUT2D eigenvalue weighted by molar-refractivity contribution is 0.163. The minimum atomic E-state index is -1.33. The lowest BCUT2D eigenvalue weighted by atomic mass is 9.72. The number of nitrogens with two attached hydrogens (primary N) is 1. The summed E-state index contributed by atoms with van der Waals surface area (Å²) in [5.41, 5.74) is 2.24. The van der Waals surface area contributed by atoms with Crippen LogP contribution in [0, 0.1) is 11.2 Å². The van der Waals surface area contributed by atoms with Crippen molar-refractivity contribution in [2.24, 2.45) is 10.6 Å². The number of piperidine rings is 1. The summed E-state index contributed by atoms with van der Waals surface area (Å²) < 4.78 is 25.3. The highest BCUT2D eigenvalue weighted by molar-refractivity contribution is 7.90. The van der Waals surface area contributed by atoms with Gasteiger partial charge < -0.3 is 9.87 Å². The van der Waals surface area contributed by atoms with Crippen molar-refractivity contribution >= 4 is 11.4 Å². The minimum Gasteiger partial charge on any atom is -0.598 e. The molecule has 0 aromatic heterocycles. The number of benzene rings is 1. The summed E-state index contributed by atoms with van der Waals surface area (Å²) in [4.78, 5) is 0. The van der Waals surface area contributed by atoms with E-state index < -0.39 is 16.1 Å². The molecule has 0 amide bonds. The average Bonchev–Trinajstić information content (AvgIpc) is 2.77. The van der Waals surface area contributed by atoms with Crippen LogP contribution in [-0.2, 0) is 24.2 Å². The Balaban J connectivity index is 1.74. The van der Waals surface area contributed by atoms with Crippen molar-refractivity contribution in [3.8, 4) is 0 Å². The van der Waals surface area contributed by atoms with Crippen LogP contribution >= 0.6 is 0 Å². The highest BCUT2D eigenvalue weighted by atomic mass is 32.2. The lowest BCUT2D eigenvalue weighted by Crippen LogP contribution is -2.50. The number of hydrogen-bond acceptors (Lipinski definition) is 3. The molecule has 3 rings (SSSR count). The van der Waals surface area contributed by atoms with E-state index in [4.69, 9.17) is 5.14 Å². The number of rotatable bonds is 3. The van der Waals surface area contributed by atoms with E-state index >= 15 is 0 Å². The summed E-state index contributed by atoms with van der Waals surface area (Å²) in [7, 11) is 0. The molecule has 1 aliphatic carbocycles. The molecule has 1 aromatic rings. The van der Waals surface area contributed by atoms with E-state index in [0.717, 1.165) is 44.2 Å². The lowest BCUT2D eigenvalue weighted by Gasteiger charge is -2.41. The molecule has 0 saturated carbocycles. The van der Waals surface area contributed by atoms with Crippen LogP contribution in [0.1, 0.15) is 44.2 Å². The van der Waals surface area contributed by atoms with Crippen LogP contribution in [-0.4, -0.2) is 21.9 Å². The zero-order valence-corrected chi connectivity index (χ0v) is 14.1. The molecular weight excluding hydrogens is 299 g/mol. The van der Waals surface area contributed by atoms with Gasteiger partial charge in [0.05, 0.1) is 0 Å². The van der Waals surface area contributed by atoms with E-state index in [0.29, 0.717) is 6.04 Å². The van der Waals surface area contributed by atoms with Gasteiger partial charge in [-0.1, -0.05) is 12.1 Å². The van der Waals surface area contributed by atoms with Crippen LogP contribution in [0.15, 0.2) is 18.2 Å². The van der Waals surface area contributed by atoms with Crippen LogP contribution < -0.4 is 10.5 Å². The molecule has 1 spiro atoms. The molecule has 2 unspecified atom stereocenters. The number of fused-ring (bicyclic) bond motifs is 1. The third-order valence-electron chi connectivity index (χ3n) is 5.38. The van der Waals surface area contributed by atoms with Crippen molar-refractivity contribution in [3.05, 3.63) is 35.1 Å². The second-order valence-corrected chi connectivity index (χ2v) is 9.30. The van der Waals surface area contributed by atoms with E-state index in [-0.39, 0.29) is 11.2 Å². The van der Waals surface area contributed by atoms with E-state index in [2.05, 4.69) is 11.4 Å². The molecule has 1 saturated heterocycles. The molecule has 1 fully saturated rings. The fraction of sp³-hybridized carbons (Fsp3) is 0.647. The fourth-order valence-electron chi connectivity index (χ4n) is 4.19. The van der Waals surface area contributed by atoms with Crippen molar-refractivity contribution < 1.29 is 8.94 Å². The first-order valence-corrected chi connectivity index (χ1v) is 9.19. The maximum Gasteiger partial charge on any atom is 0.140 e. The Labute approximate surface area is 135 Å². The molecule has 22 heavy (non-hydrogen) atoms. The Bertz CT molecular complexity index is 564. The number of halogens is 1. The minimum absolute atomic E-state index is 0.0622. The zero-order chi connectivity index (χ0) is 16.0. The van der Waals surface area contributed by atoms with E-state index in [1.54, 1.807) is 6.07 Å². The van der Waals surface area contributed by atoms with Gasteiger partial charge in [-0.2, -0.15) is 5.14 Å². The Kier molecular flexibility index (Phi) is 4.27. The molecule has 1 aromatic carbocycles. The first-order valence-electron chi connectivity index (χ1n) is 7.97. The molecule has 5 heteroatoms. The molecule has 122 valence electrons. The third kappa shape index (κ3) is 3.04. The van der Waals surface area contributed by atoms with E-state index in [9.17, 15) is 8.94 Å². The van der Waals surface area contributed by atoms with Crippen LogP contribution in [0.2, 0.25) is 0 Å². The highest BCUT2D eigenvalue weighted by Crippen LogP contribution is 2.46. The Morgan fingerprint density at radius 1 is 1.45 bits per heavy atom. The van der Waals surface area contributed by atoms with Gasteiger partial charge in [-0.3, -0.25) is 0 Å². The van der Waals surface area contributed by atoms with Crippen molar-refractivity contribution in [3.63, 3.8) is 0 Å². The van der Waals surface area contributed by atoms with Gasteiger partial charge in [0.15, 0.2) is 0 Å². The number of hydrogen-bond donors (Lipinski definition) is 2. The molecule has 1 aliphatic heterocycles. The van der Waals surface area contributed by atoms with Crippen LogP contribution in [0.3, 0.4) is 0 Å². The highest BCUT2D eigenvalue weighted by Gasteiger charge is 2.44. The van der Waals surface area contributed by atoms with Gasteiger partial charge >= 0.3 is 0 Å². The molecule has 3 atom stereocenters.